The van der Waals surface area contributed by atoms with Gasteiger partial charge >= 0.3 is 12.1 Å². The topological polar surface area (TPSA) is 55.1 Å². The molecule has 0 saturated heterocycles. The number of halogens is 3. The van der Waals surface area contributed by atoms with Crippen molar-refractivity contribution in [3.8, 4) is 11.5 Å². The highest BCUT2D eigenvalue weighted by molar-refractivity contribution is 5.96. The van der Waals surface area contributed by atoms with E-state index in [0.29, 0.717) is 22.2 Å². The fourth-order valence-electron chi connectivity index (χ4n) is 2.08. The highest BCUT2D eigenvalue weighted by atomic mass is 19.4. The van der Waals surface area contributed by atoms with Crippen LogP contribution in [0.5, 0.6) is 0 Å². The Morgan fingerprint density at radius 2 is 1.91 bits per heavy atom. The van der Waals surface area contributed by atoms with E-state index in [1.807, 2.05) is 5.32 Å². The Balaban J connectivity index is 1.98. The van der Waals surface area contributed by atoms with Crippen LogP contribution < -0.4 is 5.32 Å². The van der Waals surface area contributed by atoms with Gasteiger partial charge in [-0.25, -0.2) is 4.98 Å². The second kappa shape index (κ2) is 5.42. The maximum absolute atomic E-state index is 12.4. The molecule has 4 nitrogen and oxygen atoms in total. The number of amides is 1. The summed E-state index contributed by atoms with van der Waals surface area (Å²) >= 11 is 0. The number of para-hydroxylation sites is 2. The van der Waals surface area contributed by atoms with Gasteiger partial charge < -0.3 is 9.73 Å². The summed E-state index contributed by atoms with van der Waals surface area (Å²) in [5.74, 6) is -1.75. The van der Waals surface area contributed by atoms with Crippen molar-refractivity contribution in [1.82, 2.24) is 4.98 Å². The number of alkyl halides is 3. The van der Waals surface area contributed by atoms with Crippen LogP contribution >= 0.6 is 0 Å². The lowest BCUT2D eigenvalue weighted by atomic mass is 10.1. The van der Waals surface area contributed by atoms with Crippen LogP contribution in [0.3, 0.4) is 0 Å². The summed E-state index contributed by atoms with van der Waals surface area (Å²) < 4.78 is 42.7. The number of carbonyl (C=O) groups is 1. The van der Waals surface area contributed by atoms with Crippen LogP contribution in [0, 0.1) is 6.92 Å². The number of carbonyl (C=O) groups excluding carboxylic acids is 1. The standard InChI is InChI=1S/C16H11F3N2O2/c1-9-6-7-10(8-12(9)21-15(22)16(17,18)19)14-20-11-4-2-3-5-13(11)23-14/h2-8H,1H3,(H,21,22). The highest BCUT2D eigenvalue weighted by Gasteiger charge is 2.38. The molecular weight excluding hydrogens is 309 g/mol. The number of aryl methyl sites for hydroxylation is 1. The first kappa shape index (κ1) is 15.1. The molecule has 0 bridgehead atoms. The molecule has 0 fully saturated rings. The second-order valence-electron chi connectivity index (χ2n) is 4.97. The molecule has 23 heavy (non-hydrogen) atoms. The molecule has 0 saturated carbocycles. The largest absolute Gasteiger partial charge is 0.471 e. The minimum Gasteiger partial charge on any atom is -0.436 e. The predicted octanol–water partition coefficient (Wildman–Crippen LogP) is 4.30. The van der Waals surface area contributed by atoms with Gasteiger partial charge in [-0.3, -0.25) is 4.79 Å². The number of hydrogen-bond acceptors (Lipinski definition) is 3. The lowest BCUT2D eigenvalue weighted by molar-refractivity contribution is -0.167. The van der Waals surface area contributed by atoms with Crippen LogP contribution in [0.4, 0.5) is 18.9 Å². The van der Waals surface area contributed by atoms with Crippen molar-refractivity contribution in [3.05, 3.63) is 48.0 Å². The van der Waals surface area contributed by atoms with Crippen molar-refractivity contribution in [1.29, 1.82) is 0 Å². The van der Waals surface area contributed by atoms with Gasteiger partial charge in [0.1, 0.15) is 5.52 Å². The second-order valence-corrected chi connectivity index (χ2v) is 4.97. The van der Waals surface area contributed by atoms with Crippen LogP contribution in [-0.4, -0.2) is 17.1 Å². The molecule has 0 unspecified atom stereocenters. The molecule has 3 aromatic rings. The first-order valence-corrected chi connectivity index (χ1v) is 6.69. The van der Waals surface area contributed by atoms with Gasteiger partial charge in [0.2, 0.25) is 5.89 Å². The molecule has 0 aliphatic heterocycles. The average molecular weight is 320 g/mol. The van der Waals surface area contributed by atoms with Gasteiger partial charge in [-0.1, -0.05) is 18.2 Å². The molecule has 0 atom stereocenters. The van der Waals surface area contributed by atoms with Gasteiger partial charge in [0.05, 0.1) is 0 Å². The summed E-state index contributed by atoms with van der Waals surface area (Å²) in [7, 11) is 0. The molecule has 0 radical (unpaired) electrons. The van der Waals surface area contributed by atoms with E-state index in [2.05, 4.69) is 4.98 Å². The van der Waals surface area contributed by atoms with Crippen LogP contribution in [0.15, 0.2) is 46.9 Å². The molecular formula is C16H11F3N2O2. The zero-order chi connectivity index (χ0) is 16.6. The van der Waals surface area contributed by atoms with E-state index >= 15 is 0 Å². The first-order valence-electron chi connectivity index (χ1n) is 6.69. The minimum atomic E-state index is -4.94. The third kappa shape index (κ3) is 3.03. The number of rotatable bonds is 2. The van der Waals surface area contributed by atoms with E-state index in [-0.39, 0.29) is 11.6 Å². The number of hydrogen-bond donors (Lipinski definition) is 1. The molecule has 1 N–H and O–H groups in total. The third-order valence-corrected chi connectivity index (χ3v) is 3.28. The van der Waals surface area contributed by atoms with Crippen molar-refractivity contribution in [2.45, 2.75) is 13.1 Å². The van der Waals surface area contributed by atoms with Gasteiger partial charge in [-0.05, 0) is 36.8 Å². The van der Waals surface area contributed by atoms with E-state index in [9.17, 15) is 18.0 Å². The molecule has 7 heteroatoms. The van der Waals surface area contributed by atoms with E-state index < -0.39 is 12.1 Å². The smallest absolute Gasteiger partial charge is 0.436 e. The molecule has 3 rings (SSSR count). The Morgan fingerprint density at radius 1 is 1.17 bits per heavy atom. The summed E-state index contributed by atoms with van der Waals surface area (Å²) in [6, 6.07) is 11.8. The molecule has 1 amide bonds. The number of fused-ring (bicyclic) bond motifs is 1. The molecule has 1 heterocycles. The van der Waals surface area contributed by atoms with Gasteiger partial charge in [0.25, 0.3) is 0 Å². The average Bonchev–Trinajstić information content (AvgIpc) is 2.92. The van der Waals surface area contributed by atoms with Crippen LogP contribution in [-0.2, 0) is 4.79 Å². The zero-order valence-corrected chi connectivity index (χ0v) is 11.9. The monoisotopic (exact) mass is 320 g/mol. The Bertz CT molecular complexity index is 851. The van der Waals surface area contributed by atoms with Gasteiger partial charge in [-0.2, -0.15) is 13.2 Å². The Hall–Kier alpha value is -2.83. The summed E-state index contributed by atoms with van der Waals surface area (Å²) in [5, 5.41) is 1.86. The summed E-state index contributed by atoms with van der Waals surface area (Å²) in [6.07, 6.45) is -4.94. The van der Waals surface area contributed by atoms with Gasteiger partial charge in [0.15, 0.2) is 5.58 Å². The fourth-order valence-corrected chi connectivity index (χ4v) is 2.08. The van der Waals surface area contributed by atoms with Crippen LogP contribution in [0.1, 0.15) is 5.56 Å². The molecule has 2 aromatic carbocycles. The maximum atomic E-state index is 12.4. The van der Waals surface area contributed by atoms with Gasteiger partial charge in [0, 0.05) is 11.3 Å². The molecule has 0 aliphatic carbocycles. The van der Waals surface area contributed by atoms with E-state index in [0.717, 1.165) is 0 Å². The van der Waals surface area contributed by atoms with Crippen molar-refractivity contribution >= 4 is 22.7 Å². The lowest BCUT2D eigenvalue weighted by Crippen LogP contribution is -2.30. The van der Waals surface area contributed by atoms with E-state index in [4.69, 9.17) is 4.42 Å². The molecule has 118 valence electrons. The van der Waals surface area contributed by atoms with Crippen molar-refractivity contribution in [2.24, 2.45) is 0 Å². The summed E-state index contributed by atoms with van der Waals surface area (Å²) in [4.78, 5) is 15.4. The number of anilines is 1. The fraction of sp³-hybridized carbons (Fsp3) is 0.125. The molecule has 1 aromatic heterocycles. The SMILES string of the molecule is Cc1ccc(-c2nc3ccccc3o2)cc1NC(=O)C(F)(F)F. The minimum absolute atomic E-state index is 0.0621. The normalized spacial score (nSPS) is 11.7. The molecule has 0 spiro atoms. The van der Waals surface area contributed by atoms with E-state index in [1.165, 1.54) is 6.07 Å². The quantitative estimate of drug-likeness (QED) is 0.766. The predicted molar refractivity (Wildman–Crippen MR) is 78.9 cm³/mol. The van der Waals surface area contributed by atoms with Crippen molar-refractivity contribution in [3.63, 3.8) is 0 Å². The number of nitrogens with zero attached hydrogens (tertiary/aromatic N) is 1. The van der Waals surface area contributed by atoms with Crippen LogP contribution in [0.25, 0.3) is 22.6 Å². The first-order chi connectivity index (χ1) is 10.8. The Morgan fingerprint density at radius 3 is 2.61 bits per heavy atom. The Labute approximate surface area is 128 Å². The van der Waals surface area contributed by atoms with E-state index in [1.54, 1.807) is 43.3 Å². The summed E-state index contributed by atoms with van der Waals surface area (Å²) in [6.45, 7) is 1.60. The third-order valence-electron chi connectivity index (χ3n) is 3.28. The number of benzene rings is 2. The van der Waals surface area contributed by atoms with Crippen LogP contribution in [0.2, 0.25) is 0 Å². The van der Waals surface area contributed by atoms with Crippen molar-refractivity contribution in [2.75, 3.05) is 5.32 Å². The summed E-state index contributed by atoms with van der Waals surface area (Å²) in [5.41, 5.74) is 2.26. The highest BCUT2D eigenvalue weighted by Crippen LogP contribution is 2.28. The molecule has 0 aliphatic rings. The maximum Gasteiger partial charge on any atom is 0.471 e. The zero-order valence-electron chi connectivity index (χ0n) is 11.9. The number of aromatic nitrogens is 1. The van der Waals surface area contributed by atoms with Gasteiger partial charge in [-0.15, -0.1) is 0 Å². The van der Waals surface area contributed by atoms with Crippen molar-refractivity contribution < 1.29 is 22.4 Å². The number of oxazole rings is 1. The number of nitrogens with one attached hydrogen (secondary N) is 1. The Kier molecular flexibility index (Phi) is 3.55. The lowest BCUT2D eigenvalue weighted by Gasteiger charge is -2.11.